The van der Waals surface area contributed by atoms with E-state index in [0.717, 1.165) is 6.07 Å². The van der Waals surface area contributed by atoms with Crippen LogP contribution in [0.15, 0.2) is 51.7 Å². The van der Waals surface area contributed by atoms with Gasteiger partial charge in [0.15, 0.2) is 6.61 Å². The Morgan fingerprint density at radius 1 is 1.03 bits per heavy atom. The number of halogens is 3. The second-order valence-corrected chi connectivity index (χ2v) is 7.19. The van der Waals surface area contributed by atoms with Gasteiger partial charge in [0.05, 0.1) is 24.2 Å². The van der Waals surface area contributed by atoms with Crippen LogP contribution < -0.4 is 14.9 Å². The molecule has 3 rings (SSSR count). The maximum absolute atomic E-state index is 13.7. The first kappa shape index (κ1) is 24.6. The van der Waals surface area contributed by atoms with Crippen LogP contribution in [0.1, 0.15) is 30.0 Å². The smallest absolute Gasteiger partial charge is 0.453 e. The number of hydrogen-bond acceptors (Lipinski definition) is 8. The zero-order chi connectivity index (χ0) is 25.0. The highest BCUT2D eigenvalue weighted by molar-refractivity contribution is 5.89. The van der Waals surface area contributed by atoms with Crippen molar-refractivity contribution in [1.82, 2.24) is 0 Å². The van der Waals surface area contributed by atoms with Crippen molar-refractivity contribution in [3.8, 4) is 17.2 Å². The molecule has 34 heavy (non-hydrogen) atoms. The van der Waals surface area contributed by atoms with E-state index in [1.807, 2.05) is 0 Å². The normalized spacial score (nSPS) is 11.4. The standard InChI is InChI=1S/C23H19F3O8/c1-12(2)32-18(27)11-31-15-8-9-16-17(10-15)34-21(23(24,25)26)20(19(16)28)33-14-6-4-13(5-7-14)22(29)30-3/h4-10,12H,11H2,1-3H3. The topological polar surface area (TPSA) is 101 Å². The molecule has 0 atom stereocenters. The Morgan fingerprint density at radius 2 is 1.68 bits per heavy atom. The van der Waals surface area contributed by atoms with Crippen molar-refractivity contribution in [2.75, 3.05) is 13.7 Å². The van der Waals surface area contributed by atoms with Crippen molar-refractivity contribution >= 4 is 22.9 Å². The lowest BCUT2D eigenvalue weighted by molar-refractivity contribution is -0.154. The van der Waals surface area contributed by atoms with Gasteiger partial charge >= 0.3 is 18.1 Å². The fraction of sp³-hybridized carbons (Fsp3) is 0.261. The molecule has 0 saturated heterocycles. The SMILES string of the molecule is COC(=O)c1ccc(Oc2c(C(F)(F)F)oc3cc(OCC(=O)OC(C)C)ccc3c2=O)cc1. The van der Waals surface area contributed by atoms with E-state index in [4.69, 9.17) is 18.6 Å². The minimum absolute atomic E-state index is 0.00320. The van der Waals surface area contributed by atoms with Crippen LogP contribution >= 0.6 is 0 Å². The van der Waals surface area contributed by atoms with Gasteiger partial charge in [-0.05, 0) is 50.2 Å². The summed E-state index contributed by atoms with van der Waals surface area (Å²) in [4.78, 5) is 36.0. The molecular formula is C23H19F3O8. The molecule has 0 fully saturated rings. The Hall–Kier alpha value is -4.02. The third kappa shape index (κ3) is 5.66. The van der Waals surface area contributed by atoms with Gasteiger partial charge in [0.25, 0.3) is 5.76 Å². The van der Waals surface area contributed by atoms with Gasteiger partial charge in [0.1, 0.15) is 17.1 Å². The van der Waals surface area contributed by atoms with Gasteiger partial charge in [0.2, 0.25) is 11.2 Å². The number of rotatable bonds is 7. The van der Waals surface area contributed by atoms with E-state index in [0.29, 0.717) is 0 Å². The summed E-state index contributed by atoms with van der Waals surface area (Å²) < 4.78 is 65.9. The van der Waals surface area contributed by atoms with E-state index in [1.54, 1.807) is 13.8 Å². The fourth-order valence-corrected chi connectivity index (χ4v) is 2.86. The summed E-state index contributed by atoms with van der Waals surface area (Å²) >= 11 is 0. The van der Waals surface area contributed by atoms with E-state index in [9.17, 15) is 27.6 Å². The largest absolute Gasteiger partial charge is 0.482 e. The number of carbonyl (C=O) groups excluding carboxylic acids is 2. The van der Waals surface area contributed by atoms with Crippen molar-refractivity contribution in [1.29, 1.82) is 0 Å². The zero-order valence-corrected chi connectivity index (χ0v) is 18.2. The average molecular weight is 480 g/mol. The number of hydrogen-bond donors (Lipinski definition) is 0. The molecule has 1 heterocycles. The van der Waals surface area contributed by atoms with Gasteiger partial charge in [-0.15, -0.1) is 0 Å². The Morgan fingerprint density at radius 3 is 2.26 bits per heavy atom. The monoisotopic (exact) mass is 480 g/mol. The summed E-state index contributed by atoms with van der Waals surface area (Å²) in [6.07, 6.45) is -5.43. The molecule has 1 aromatic heterocycles. The Kier molecular flexibility index (Phi) is 7.14. The molecule has 0 unspecified atom stereocenters. The number of benzene rings is 2. The van der Waals surface area contributed by atoms with Crippen LogP contribution in [0, 0.1) is 0 Å². The molecule has 0 radical (unpaired) electrons. The molecule has 0 spiro atoms. The molecule has 0 saturated carbocycles. The molecule has 11 heteroatoms. The molecule has 180 valence electrons. The van der Waals surface area contributed by atoms with E-state index in [2.05, 4.69) is 4.74 Å². The van der Waals surface area contributed by atoms with Gasteiger partial charge in [-0.1, -0.05) is 0 Å². The number of carbonyl (C=O) groups is 2. The maximum Gasteiger partial charge on any atom is 0.453 e. The number of ether oxygens (including phenoxy) is 4. The molecule has 0 aliphatic rings. The summed E-state index contributed by atoms with van der Waals surface area (Å²) in [6, 6.07) is 8.51. The van der Waals surface area contributed by atoms with Crippen LogP contribution in [-0.4, -0.2) is 31.8 Å². The van der Waals surface area contributed by atoms with Gasteiger partial charge in [-0.2, -0.15) is 13.2 Å². The minimum atomic E-state index is -5.06. The third-order valence-electron chi connectivity index (χ3n) is 4.30. The first-order valence-electron chi connectivity index (χ1n) is 9.86. The molecule has 0 aliphatic carbocycles. The molecular weight excluding hydrogens is 461 g/mol. The number of fused-ring (bicyclic) bond motifs is 1. The fourth-order valence-electron chi connectivity index (χ4n) is 2.86. The number of alkyl halides is 3. The van der Waals surface area contributed by atoms with Gasteiger partial charge < -0.3 is 23.4 Å². The van der Waals surface area contributed by atoms with E-state index in [1.165, 1.54) is 43.5 Å². The quantitative estimate of drug-likeness (QED) is 0.448. The molecule has 0 bridgehead atoms. The molecule has 0 N–H and O–H groups in total. The lowest BCUT2D eigenvalue weighted by atomic mass is 10.2. The molecule has 8 nitrogen and oxygen atoms in total. The van der Waals surface area contributed by atoms with Crippen LogP contribution in [0.4, 0.5) is 13.2 Å². The van der Waals surface area contributed by atoms with Crippen LogP contribution in [0.2, 0.25) is 0 Å². The second kappa shape index (κ2) is 9.86. The second-order valence-electron chi connectivity index (χ2n) is 7.19. The molecule has 2 aromatic carbocycles. The average Bonchev–Trinajstić information content (AvgIpc) is 2.78. The Balaban J connectivity index is 1.97. The Labute approximate surface area is 190 Å². The number of methoxy groups -OCH3 is 1. The van der Waals surface area contributed by atoms with Crippen LogP contribution in [0.5, 0.6) is 17.2 Å². The van der Waals surface area contributed by atoms with E-state index < -0.39 is 47.2 Å². The maximum atomic E-state index is 13.7. The summed E-state index contributed by atoms with van der Waals surface area (Å²) in [5, 5.41) is -0.203. The Bertz CT molecular complexity index is 1260. The number of esters is 2. The molecule has 0 amide bonds. The predicted octanol–water partition coefficient (Wildman–Crippen LogP) is 4.72. The minimum Gasteiger partial charge on any atom is -0.482 e. The highest BCUT2D eigenvalue weighted by atomic mass is 19.4. The summed E-state index contributed by atoms with van der Waals surface area (Å²) in [6.45, 7) is 2.81. The van der Waals surface area contributed by atoms with Gasteiger partial charge in [-0.25, -0.2) is 9.59 Å². The molecule has 3 aromatic rings. The summed E-state index contributed by atoms with van der Waals surface area (Å²) in [7, 11) is 1.18. The third-order valence-corrected chi connectivity index (χ3v) is 4.30. The van der Waals surface area contributed by atoms with Gasteiger partial charge in [0, 0.05) is 6.07 Å². The van der Waals surface area contributed by atoms with Crippen LogP contribution in [0.25, 0.3) is 11.0 Å². The van der Waals surface area contributed by atoms with E-state index in [-0.39, 0.29) is 28.6 Å². The zero-order valence-electron chi connectivity index (χ0n) is 18.2. The first-order chi connectivity index (χ1) is 16.0. The van der Waals surface area contributed by atoms with Crippen LogP contribution in [-0.2, 0) is 20.4 Å². The van der Waals surface area contributed by atoms with E-state index >= 15 is 0 Å². The lowest BCUT2D eigenvalue weighted by Crippen LogP contribution is -2.19. The summed E-state index contributed by atoms with van der Waals surface area (Å²) in [5.74, 6) is -4.18. The van der Waals surface area contributed by atoms with Crippen molar-refractivity contribution in [3.63, 3.8) is 0 Å². The van der Waals surface area contributed by atoms with Crippen molar-refractivity contribution < 1.29 is 46.1 Å². The lowest BCUT2D eigenvalue weighted by Gasteiger charge is -2.14. The van der Waals surface area contributed by atoms with Crippen molar-refractivity contribution in [2.24, 2.45) is 0 Å². The highest BCUT2D eigenvalue weighted by Gasteiger charge is 2.40. The van der Waals surface area contributed by atoms with Crippen LogP contribution in [0.3, 0.4) is 0 Å². The van der Waals surface area contributed by atoms with Crippen molar-refractivity contribution in [2.45, 2.75) is 26.1 Å². The summed E-state index contributed by atoms with van der Waals surface area (Å²) in [5.41, 5.74) is -1.35. The highest BCUT2D eigenvalue weighted by Crippen LogP contribution is 2.38. The predicted molar refractivity (Wildman–Crippen MR) is 112 cm³/mol. The first-order valence-corrected chi connectivity index (χ1v) is 9.86. The molecule has 0 aliphatic heterocycles. The van der Waals surface area contributed by atoms with Gasteiger partial charge in [-0.3, -0.25) is 4.79 Å². The van der Waals surface area contributed by atoms with Crippen molar-refractivity contribution in [3.05, 3.63) is 64.0 Å².